The molecular formula is C19H22N4OS3. The highest BCUT2D eigenvalue weighted by atomic mass is 32.2. The van der Waals surface area contributed by atoms with Gasteiger partial charge in [-0.3, -0.25) is 0 Å². The smallest absolute Gasteiger partial charge is 0.206 e. The highest BCUT2D eigenvalue weighted by Gasteiger charge is 2.16. The molecular weight excluding hydrogens is 396 g/mol. The molecule has 142 valence electrons. The van der Waals surface area contributed by atoms with Crippen LogP contribution in [0.3, 0.4) is 0 Å². The van der Waals surface area contributed by atoms with Crippen LogP contribution in [0, 0.1) is 0 Å². The van der Waals surface area contributed by atoms with Crippen molar-refractivity contribution in [3.8, 4) is 16.3 Å². The maximum atomic E-state index is 5.44. The van der Waals surface area contributed by atoms with E-state index in [0.717, 1.165) is 37.2 Å². The molecule has 8 heteroatoms. The lowest BCUT2D eigenvalue weighted by atomic mass is 9.96. The number of hydrogen-bond donors (Lipinski definition) is 1. The van der Waals surface area contributed by atoms with Gasteiger partial charge in [0.05, 0.1) is 18.4 Å². The van der Waals surface area contributed by atoms with E-state index < -0.39 is 0 Å². The fourth-order valence-electron chi connectivity index (χ4n) is 3.20. The molecule has 3 aromatic rings. The molecule has 2 aromatic heterocycles. The highest BCUT2D eigenvalue weighted by molar-refractivity contribution is 8.00. The lowest BCUT2D eigenvalue weighted by Gasteiger charge is -2.21. The van der Waals surface area contributed by atoms with Crippen LogP contribution in [0.2, 0.25) is 0 Å². The normalized spacial score (nSPS) is 15.0. The molecule has 0 saturated heterocycles. The van der Waals surface area contributed by atoms with Gasteiger partial charge in [0.2, 0.25) is 5.13 Å². The Bertz CT molecular complexity index is 873. The number of ether oxygens (including phenoxy) is 1. The summed E-state index contributed by atoms with van der Waals surface area (Å²) < 4.78 is 6.43. The number of hydrogen-bond acceptors (Lipinski definition) is 8. The zero-order valence-electron chi connectivity index (χ0n) is 15.2. The molecule has 0 amide bonds. The number of thiazole rings is 1. The van der Waals surface area contributed by atoms with Crippen LogP contribution in [0.25, 0.3) is 10.6 Å². The third-order valence-electron chi connectivity index (χ3n) is 4.57. The summed E-state index contributed by atoms with van der Waals surface area (Å²) >= 11 is 4.98. The summed E-state index contributed by atoms with van der Waals surface area (Å²) in [5.41, 5.74) is 2.10. The fraction of sp³-hybridized carbons (Fsp3) is 0.421. The van der Waals surface area contributed by atoms with Crippen molar-refractivity contribution >= 4 is 39.6 Å². The van der Waals surface area contributed by atoms with Gasteiger partial charge in [-0.05, 0) is 25.0 Å². The largest absolute Gasteiger partial charge is 0.496 e. The van der Waals surface area contributed by atoms with E-state index in [2.05, 4.69) is 20.9 Å². The third-order valence-corrected chi connectivity index (χ3v) is 7.52. The van der Waals surface area contributed by atoms with E-state index in [-0.39, 0.29) is 0 Å². The van der Waals surface area contributed by atoms with Gasteiger partial charge in [-0.2, -0.15) is 0 Å². The maximum Gasteiger partial charge on any atom is 0.206 e. The monoisotopic (exact) mass is 418 g/mol. The Morgan fingerprint density at radius 3 is 2.89 bits per heavy atom. The zero-order valence-corrected chi connectivity index (χ0v) is 17.6. The Balaban J connectivity index is 1.35. The van der Waals surface area contributed by atoms with Crippen LogP contribution in [0.4, 0.5) is 5.13 Å². The van der Waals surface area contributed by atoms with E-state index >= 15 is 0 Å². The topological polar surface area (TPSA) is 59.9 Å². The molecule has 0 bridgehead atoms. The van der Waals surface area contributed by atoms with Crippen LogP contribution in [0.15, 0.2) is 34.0 Å². The number of para-hydroxylation sites is 1. The van der Waals surface area contributed by atoms with E-state index in [1.165, 1.54) is 32.1 Å². The standard InChI is InChI=1S/C19H22N4OS3/c1-24-16-10-6-5-9-15(16)17-20-14(11-25-17)12-26-19-23-22-18(27-19)21-13-7-3-2-4-8-13/h5-6,9-11,13H,2-4,7-8,12H2,1H3,(H,21,22). The van der Waals surface area contributed by atoms with E-state index in [9.17, 15) is 0 Å². The van der Waals surface area contributed by atoms with E-state index in [1.807, 2.05) is 24.3 Å². The van der Waals surface area contributed by atoms with Gasteiger partial charge in [-0.25, -0.2) is 4.98 Å². The highest BCUT2D eigenvalue weighted by Crippen LogP contribution is 2.34. The summed E-state index contributed by atoms with van der Waals surface area (Å²) in [4.78, 5) is 4.76. The number of benzene rings is 1. The first-order valence-corrected chi connectivity index (χ1v) is 11.8. The molecule has 27 heavy (non-hydrogen) atoms. The first-order chi connectivity index (χ1) is 13.3. The second kappa shape index (κ2) is 9.03. The van der Waals surface area contributed by atoms with Gasteiger partial charge in [0.15, 0.2) is 4.34 Å². The molecule has 1 N–H and O–H groups in total. The fourth-order valence-corrected chi connectivity index (χ4v) is 5.88. The van der Waals surface area contributed by atoms with Gasteiger partial charge < -0.3 is 10.1 Å². The van der Waals surface area contributed by atoms with Crippen molar-refractivity contribution in [2.24, 2.45) is 0 Å². The second-order valence-corrected chi connectivity index (χ2v) is 9.54. The predicted molar refractivity (Wildman–Crippen MR) is 114 cm³/mol. The van der Waals surface area contributed by atoms with Crippen LogP contribution in [0.5, 0.6) is 5.75 Å². The van der Waals surface area contributed by atoms with Gasteiger partial charge in [-0.1, -0.05) is 54.5 Å². The zero-order chi connectivity index (χ0) is 18.5. The van der Waals surface area contributed by atoms with Gasteiger partial charge in [0.1, 0.15) is 10.8 Å². The molecule has 0 unspecified atom stereocenters. The Kier molecular flexibility index (Phi) is 6.26. The average molecular weight is 419 g/mol. The molecule has 5 nitrogen and oxygen atoms in total. The van der Waals surface area contributed by atoms with Gasteiger partial charge in [-0.15, -0.1) is 21.5 Å². The van der Waals surface area contributed by atoms with E-state index in [0.29, 0.717) is 6.04 Å². The molecule has 0 atom stereocenters. The van der Waals surface area contributed by atoms with Crippen LogP contribution in [-0.2, 0) is 5.75 Å². The number of methoxy groups -OCH3 is 1. The molecule has 1 aromatic carbocycles. The second-order valence-electron chi connectivity index (χ2n) is 6.49. The molecule has 4 rings (SSSR count). The van der Waals surface area contributed by atoms with Crippen LogP contribution < -0.4 is 10.1 Å². The van der Waals surface area contributed by atoms with Crippen molar-refractivity contribution in [3.05, 3.63) is 35.3 Å². The summed E-state index contributed by atoms with van der Waals surface area (Å²) in [5, 5.41) is 16.2. The number of thioether (sulfide) groups is 1. The summed E-state index contributed by atoms with van der Waals surface area (Å²) in [6, 6.07) is 8.55. The van der Waals surface area contributed by atoms with Crippen molar-refractivity contribution in [3.63, 3.8) is 0 Å². The summed E-state index contributed by atoms with van der Waals surface area (Å²) in [6.45, 7) is 0. The number of nitrogens with zero attached hydrogens (tertiary/aromatic N) is 3. The quantitative estimate of drug-likeness (QED) is 0.496. The molecule has 1 fully saturated rings. The number of aromatic nitrogens is 3. The molecule has 0 radical (unpaired) electrons. The summed E-state index contributed by atoms with van der Waals surface area (Å²) in [5.74, 6) is 1.65. The Hall–Kier alpha value is -1.64. The van der Waals surface area contributed by atoms with Crippen molar-refractivity contribution in [2.45, 2.75) is 48.2 Å². The van der Waals surface area contributed by atoms with Gasteiger partial charge >= 0.3 is 0 Å². The van der Waals surface area contributed by atoms with Crippen LogP contribution in [0.1, 0.15) is 37.8 Å². The number of anilines is 1. The average Bonchev–Trinajstić information content (AvgIpc) is 3.36. The van der Waals surface area contributed by atoms with Crippen molar-refractivity contribution in [1.82, 2.24) is 15.2 Å². The Labute approximate surface area is 171 Å². The van der Waals surface area contributed by atoms with Crippen LogP contribution >= 0.6 is 34.4 Å². The first kappa shape index (κ1) is 18.7. The van der Waals surface area contributed by atoms with Crippen LogP contribution in [-0.4, -0.2) is 28.3 Å². The molecule has 0 spiro atoms. The predicted octanol–water partition coefficient (Wildman–Crippen LogP) is 5.71. The summed E-state index contributed by atoms with van der Waals surface area (Å²) in [7, 11) is 1.69. The molecule has 2 heterocycles. The van der Waals surface area contributed by atoms with Crippen molar-refractivity contribution in [1.29, 1.82) is 0 Å². The number of rotatable bonds is 7. The molecule has 1 aliphatic rings. The van der Waals surface area contributed by atoms with Gasteiger partial charge in [0, 0.05) is 17.2 Å². The minimum atomic E-state index is 0.562. The number of nitrogens with one attached hydrogen (secondary N) is 1. The van der Waals surface area contributed by atoms with E-state index in [1.54, 1.807) is 41.5 Å². The SMILES string of the molecule is COc1ccccc1-c1nc(CSc2nnc(NC3CCCCC3)s2)cs1. The molecule has 1 saturated carbocycles. The lowest BCUT2D eigenvalue weighted by Crippen LogP contribution is -2.21. The molecule has 0 aliphatic heterocycles. The Morgan fingerprint density at radius 1 is 1.19 bits per heavy atom. The summed E-state index contributed by atoms with van der Waals surface area (Å²) in [6.07, 6.45) is 6.48. The van der Waals surface area contributed by atoms with Gasteiger partial charge in [0.25, 0.3) is 0 Å². The maximum absolute atomic E-state index is 5.44. The van der Waals surface area contributed by atoms with Crippen molar-refractivity contribution in [2.75, 3.05) is 12.4 Å². The minimum absolute atomic E-state index is 0.562. The molecule has 1 aliphatic carbocycles. The van der Waals surface area contributed by atoms with E-state index in [4.69, 9.17) is 9.72 Å². The lowest BCUT2D eigenvalue weighted by molar-refractivity contribution is 0.416. The first-order valence-electron chi connectivity index (χ1n) is 9.12. The Morgan fingerprint density at radius 2 is 2.04 bits per heavy atom. The minimum Gasteiger partial charge on any atom is -0.496 e. The van der Waals surface area contributed by atoms with Crippen molar-refractivity contribution < 1.29 is 4.74 Å². The third kappa shape index (κ3) is 4.80.